The maximum atomic E-state index is 11.1. The maximum Gasteiger partial charge on any atom is 0.341 e. The van der Waals surface area contributed by atoms with E-state index in [-0.39, 0.29) is 6.42 Å². The Bertz CT molecular complexity index is 358. The number of carboxylic acids is 1. The van der Waals surface area contributed by atoms with Crippen molar-refractivity contribution in [2.45, 2.75) is 6.42 Å². The second kappa shape index (κ2) is 4.99. The highest BCUT2D eigenvalue weighted by atomic mass is 16.5. The van der Waals surface area contributed by atoms with E-state index in [1.807, 2.05) is 0 Å². The highest BCUT2D eigenvalue weighted by molar-refractivity contribution is 5.76. The monoisotopic (exact) mass is 209 g/mol. The number of nitrogens with two attached hydrogens (primary N) is 1. The Hall–Kier alpha value is -2.04. The van der Waals surface area contributed by atoms with Crippen molar-refractivity contribution in [2.24, 2.45) is 0 Å². The topological polar surface area (TPSA) is 89.6 Å². The number of benzene rings is 1. The molecular weight excluding hydrogens is 198 g/mol. The quantitative estimate of drug-likeness (QED) is 0.554. The molecule has 80 valence electrons. The lowest BCUT2D eigenvalue weighted by molar-refractivity contribution is -0.154. The van der Waals surface area contributed by atoms with Gasteiger partial charge in [-0.25, -0.2) is 4.79 Å². The second-order valence-corrected chi connectivity index (χ2v) is 2.97. The van der Waals surface area contributed by atoms with E-state index in [4.69, 9.17) is 10.8 Å². The summed E-state index contributed by atoms with van der Waals surface area (Å²) in [7, 11) is 0. The lowest BCUT2D eigenvalue weighted by atomic mass is 10.1. The summed E-state index contributed by atoms with van der Waals surface area (Å²) in [6.45, 7) is -0.603. The molecular formula is C10H11NO4. The molecule has 0 aliphatic heterocycles. The molecule has 0 amide bonds. The van der Waals surface area contributed by atoms with Crippen LogP contribution < -0.4 is 5.73 Å². The largest absolute Gasteiger partial charge is 0.479 e. The number of ether oxygens (including phenoxy) is 1. The van der Waals surface area contributed by atoms with Gasteiger partial charge in [-0.2, -0.15) is 0 Å². The second-order valence-electron chi connectivity index (χ2n) is 2.97. The smallest absolute Gasteiger partial charge is 0.341 e. The lowest BCUT2D eigenvalue weighted by Crippen LogP contribution is -2.14. The van der Waals surface area contributed by atoms with Crippen LogP contribution in [0.1, 0.15) is 5.56 Å². The van der Waals surface area contributed by atoms with E-state index in [2.05, 4.69) is 4.74 Å². The summed E-state index contributed by atoms with van der Waals surface area (Å²) in [6, 6.07) is 6.72. The standard InChI is InChI=1S/C10H11NO4/c11-8-3-1-7(2-4-8)5-10(14)15-6-9(12)13/h1-4H,5-6,11H2,(H,12,13). The van der Waals surface area contributed by atoms with Gasteiger partial charge in [-0.3, -0.25) is 4.79 Å². The zero-order valence-corrected chi connectivity index (χ0v) is 7.97. The normalized spacial score (nSPS) is 9.60. The van der Waals surface area contributed by atoms with E-state index < -0.39 is 18.5 Å². The van der Waals surface area contributed by atoms with Crippen LogP contribution in [0.15, 0.2) is 24.3 Å². The number of nitrogen functional groups attached to an aromatic ring is 1. The number of carbonyl (C=O) groups excluding carboxylic acids is 1. The summed E-state index contributed by atoms with van der Waals surface area (Å²) >= 11 is 0. The fraction of sp³-hybridized carbons (Fsp3) is 0.200. The number of esters is 1. The highest BCUT2D eigenvalue weighted by Crippen LogP contribution is 2.06. The molecule has 1 rings (SSSR count). The number of hydrogen-bond donors (Lipinski definition) is 2. The Morgan fingerprint density at radius 1 is 1.27 bits per heavy atom. The van der Waals surface area contributed by atoms with Crippen molar-refractivity contribution in [1.82, 2.24) is 0 Å². The van der Waals surface area contributed by atoms with Gasteiger partial charge >= 0.3 is 11.9 Å². The molecule has 0 aromatic heterocycles. The minimum Gasteiger partial charge on any atom is -0.479 e. The van der Waals surface area contributed by atoms with Crippen molar-refractivity contribution >= 4 is 17.6 Å². The number of aliphatic carboxylic acids is 1. The molecule has 0 saturated heterocycles. The summed E-state index contributed by atoms with van der Waals surface area (Å²) in [6.07, 6.45) is 0.0492. The first-order valence-corrected chi connectivity index (χ1v) is 4.30. The van der Waals surface area contributed by atoms with Crippen LogP contribution in [-0.4, -0.2) is 23.7 Å². The van der Waals surface area contributed by atoms with E-state index in [9.17, 15) is 9.59 Å². The molecule has 0 atom stereocenters. The minimum absolute atomic E-state index is 0.0492. The van der Waals surface area contributed by atoms with Gasteiger partial charge < -0.3 is 15.6 Å². The molecule has 3 N–H and O–H groups in total. The van der Waals surface area contributed by atoms with Crippen LogP contribution in [0, 0.1) is 0 Å². The molecule has 0 aliphatic rings. The zero-order valence-electron chi connectivity index (χ0n) is 7.97. The fourth-order valence-electron chi connectivity index (χ4n) is 0.995. The molecule has 5 nitrogen and oxygen atoms in total. The van der Waals surface area contributed by atoms with E-state index in [0.29, 0.717) is 5.69 Å². The molecule has 1 aromatic carbocycles. The summed E-state index contributed by atoms with van der Waals surface area (Å²) in [5, 5.41) is 8.27. The third-order valence-electron chi connectivity index (χ3n) is 1.68. The van der Waals surface area contributed by atoms with Crippen molar-refractivity contribution in [2.75, 3.05) is 12.3 Å². The van der Waals surface area contributed by atoms with Gasteiger partial charge in [-0.15, -0.1) is 0 Å². The molecule has 0 bridgehead atoms. The van der Waals surface area contributed by atoms with Crippen LogP contribution in [0.2, 0.25) is 0 Å². The molecule has 5 heteroatoms. The Morgan fingerprint density at radius 3 is 2.40 bits per heavy atom. The molecule has 0 aliphatic carbocycles. The van der Waals surface area contributed by atoms with E-state index >= 15 is 0 Å². The molecule has 0 unspecified atom stereocenters. The third kappa shape index (κ3) is 4.12. The molecule has 0 heterocycles. The first-order chi connectivity index (χ1) is 7.08. The Labute approximate surface area is 86.5 Å². The predicted octanol–water partition coefficient (Wildman–Crippen LogP) is 0.439. The van der Waals surface area contributed by atoms with E-state index in [0.717, 1.165) is 5.56 Å². The minimum atomic E-state index is -1.17. The number of hydrogen-bond acceptors (Lipinski definition) is 4. The Morgan fingerprint density at radius 2 is 1.87 bits per heavy atom. The number of carboxylic acid groups (broad SMARTS) is 1. The molecule has 0 spiro atoms. The van der Waals surface area contributed by atoms with Crippen LogP contribution in [0.5, 0.6) is 0 Å². The van der Waals surface area contributed by atoms with E-state index in [1.54, 1.807) is 24.3 Å². The average Bonchev–Trinajstić information content (AvgIpc) is 2.19. The van der Waals surface area contributed by atoms with Crippen LogP contribution >= 0.6 is 0 Å². The predicted molar refractivity (Wildman–Crippen MR) is 53.2 cm³/mol. The molecule has 15 heavy (non-hydrogen) atoms. The van der Waals surface area contributed by atoms with Gasteiger partial charge in [0.1, 0.15) is 0 Å². The number of anilines is 1. The van der Waals surface area contributed by atoms with Gasteiger partial charge in [0.15, 0.2) is 6.61 Å². The van der Waals surface area contributed by atoms with Crippen molar-refractivity contribution in [3.8, 4) is 0 Å². The van der Waals surface area contributed by atoms with Crippen molar-refractivity contribution < 1.29 is 19.4 Å². The van der Waals surface area contributed by atoms with Crippen molar-refractivity contribution in [3.63, 3.8) is 0 Å². The van der Waals surface area contributed by atoms with Crippen LogP contribution in [0.25, 0.3) is 0 Å². The summed E-state index contributed by atoms with van der Waals surface area (Å²) < 4.78 is 4.47. The van der Waals surface area contributed by atoms with Gasteiger partial charge in [-0.1, -0.05) is 12.1 Å². The lowest BCUT2D eigenvalue weighted by Gasteiger charge is -2.02. The molecule has 1 aromatic rings. The molecule has 0 radical (unpaired) electrons. The van der Waals surface area contributed by atoms with Crippen LogP contribution in [0.4, 0.5) is 5.69 Å². The van der Waals surface area contributed by atoms with Crippen LogP contribution in [0.3, 0.4) is 0 Å². The first kappa shape index (κ1) is 11.0. The van der Waals surface area contributed by atoms with Gasteiger partial charge in [0, 0.05) is 5.69 Å². The first-order valence-electron chi connectivity index (χ1n) is 4.30. The SMILES string of the molecule is Nc1ccc(CC(=O)OCC(=O)O)cc1. The van der Waals surface area contributed by atoms with Crippen molar-refractivity contribution in [3.05, 3.63) is 29.8 Å². The maximum absolute atomic E-state index is 11.1. The summed E-state index contributed by atoms with van der Waals surface area (Å²) in [4.78, 5) is 21.2. The van der Waals surface area contributed by atoms with Crippen molar-refractivity contribution in [1.29, 1.82) is 0 Å². The van der Waals surface area contributed by atoms with Gasteiger partial charge in [0.25, 0.3) is 0 Å². The van der Waals surface area contributed by atoms with Gasteiger partial charge in [0.05, 0.1) is 6.42 Å². The summed E-state index contributed by atoms with van der Waals surface area (Å²) in [5.74, 6) is -1.73. The Kier molecular flexibility index (Phi) is 3.68. The fourth-order valence-corrected chi connectivity index (χ4v) is 0.995. The van der Waals surface area contributed by atoms with Gasteiger partial charge in [-0.05, 0) is 17.7 Å². The number of rotatable bonds is 4. The van der Waals surface area contributed by atoms with Crippen LogP contribution in [-0.2, 0) is 20.7 Å². The van der Waals surface area contributed by atoms with E-state index in [1.165, 1.54) is 0 Å². The Balaban J connectivity index is 2.44. The molecule has 0 fully saturated rings. The third-order valence-corrected chi connectivity index (χ3v) is 1.68. The highest BCUT2D eigenvalue weighted by Gasteiger charge is 2.06. The van der Waals surface area contributed by atoms with Gasteiger partial charge in [0.2, 0.25) is 0 Å². The molecule has 0 saturated carbocycles. The zero-order chi connectivity index (χ0) is 11.3. The average molecular weight is 209 g/mol. The summed E-state index contributed by atoms with van der Waals surface area (Å²) in [5.41, 5.74) is 6.81. The number of carbonyl (C=O) groups is 2.